The van der Waals surface area contributed by atoms with E-state index >= 15 is 0 Å². The molecule has 0 bridgehead atoms. The van der Waals surface area contributed by atoms with Crippen molar-refractivity contribution in [1.29, 1.82) is 0 Å². The van der Waals surface area contributed by atoms with E-state index in [4.69, 9.17) is 4.52 Å². The van der Waals surface area contributed by atoms with Crippen LogP contribution in [0.15, 0.2) is 4.52 Å². The maximum Gasteiger partial charge on any atom is 0.417 e. The summed E-state index contributed by atoms with van der Waals surface area (Å²) < 4.78 is 9.61. The first-order valence-electron chi connectivity index (χ1n) is 6.20. The monoisotopic (exact) mass is 279 g/mol. The molecule has 0 spiro atoms. The lowest BCUT2D eigenvalue weighted by Gasteiger charge is -2.41. The van der Waals surface area contributed by atoms with Gasteiger partial charge in [-0.05, 0) is 13.8 Å². The van der Waals surface area contributed by atoms with Gasteiger partial charge in [0.05, 0.1) is 11.7 Å². The van der Waals surface area contributed by atoms with Gasteiger partial charge in [-0.25, -0.2) is 9.69 Å². The quantitative estimate of drug-likeness (QED) is 0.762. The van der Waals surface area contributed by atoms with E-state index in [-0.39, 0.29) is 24.5 Å². The second-order valence-corrected chi connectivity index (χ2v) is 4.88. The third-order valence-corrected chi connectivity index (χ3v) is 3.55. The van der Waals surface area contributed by atoms with Crippen molar-refractivity contribution < 1.29 is 23.6 Å². The highest BCUT2D eigenvalue weighted by molar-refractivity contribution is 5.99. The van der Waals surface area contributed by atoms with Gasteiger partial charge in [0.1, 0.15) is 11.3 Å². The van der Waals surface area contributed by atoms with E-state index in [1.807, 2.05) is 0 Å². The molecule has 1 aromatic heterocycles. The fourth-order valence-electron chi connectivity index (χ4n) is 2.45. The van der Waals surface area contributed by atoms with Crippen LogP contribution in [0.1, 0.15) is 21.8 Å². The molecule has 2 aliphatic rings. The highest BCUT2D eigenvalue weighted by Gasteiger charge is 2.45. The van der Waals surface area contributed by atoms with Crippen LogP contribution in [0.25, 0.3) is 0 Å². The second-order valence-electron chi connectivity index (χ2n) is 4.88. The van der Waals surface area contributed by atoms with E-state index < -0.39 is 6.09 Å². The zero-order valence-corrected chi connectivity index (χ0v) is 11.1. The number of hydrogen-bond donors (Lipinski definition) is 0. The standard InChI is InChI=1S/C12H13N3O5/c1-6-10(7(2)20-13-6)11(17)14-3-8(4-14)15-9(16)5-19-12(15)18/h8H,3-5H2,1-2H3. The summed E-state index contributed by atoms with van der Waals surface area (Å²) in [6.45, 7) is 3.77. The Labute approximate surface area is 114 Å². The SMILES string of the molecule is Cc1noc(C)c1C(=O)N1CC(N2C(=O)COC2=O)C1. The van der Waals surface area contributed by atoms with Gasteiger partial charge in [-0.1, -0.05) is 5.16 Å². The van der Waals surface area contributed by atoms with Crippen LogP contribution < -0.4 is 0 Å². The predicted octanol–water partition coefficient (Wildman–Crippen LogP) is 0.0946. The molecule has 8 heteroatoms. The Morgan fingerprint density at radius 1 is 1.30 bits per heavy atom. The summed E-state index contributed by atoms with van der Waals surface area (Å²) in [5.41, 5.74) is 0.978. The molecule has 0 saturated carbocycles. The highest BCUT2D eigenvalue weighted by Crippen LogP contribution is 2.23. The maximum absolute atomic E-state index is 12.3. The molecule has 20 heavy (non-hydrogen) atoms. The van der Waals surface area contributed by atoms with Gasteiger partial charge in [-0.2, -0.15) is 0 Å². The number of nitrogens with zero attached hydrogens (tertiary/aromatic N) is 3. The fourth-order valence-corrected chi connectivity index (χ4v) is 2.45. The molecule has 3 heterocycles. The average molecular weight is 279 g/mol. The van der Waals surface area contributed by atoms with E-state index in [1.54, 1.807) is 18.7 Å². The molecule has 3 rings (SSSR count). The van der Waals surface area contributed by atoms with Gasteiger partial charge in [0.25, 0.3) is 11.8 Å². The minimum absolute atomic E-state index is 0.197. The molecule has 0 unspecified atom stereocenters. The fraction of sp³-hybridized carbons (Fsp3) is 0.500. The van der Waals surface area contributed by atoms with Crippen LogP contribution in [0.5, 0.6) is 0 Å². The smallest absolute Gasteiger partial charge is 0.417 e. The Kier molecular flexibility index (Phi) is 2.73. The van der Waals surface area contributed by atoms with Crippen molar-refractivity contribution in [2.24, 2.45) is 0 Å². The summed E-state index contributed by atoms with van der Waals surface area (Å²) in [5.74, 6) is -0.0884. The largest absolute Gasteiger partial charge is 0.439 e. The number of rotatable bonds is 2. The van der Waals surface area contributed by atoms with Crippen LogP contribution in [-0.2, 0) is 9.53 Å². The van der Waals surface area contributed by atoms with Crippen LogP contribution in [0.2, 0.25) is 0 Å². The normalized spacial score (nSPS) is 19.3. The van der Waals surface area contributed by atoms with Crippen LogP contribution >= 0.6 is 0 Å². The van der Waals surface area contributed by atoms with Crippen molar-refractivity contribution >= 4 is 17.9 Å². The third kappa shape index (κ3) is 1.75. The number of carbonyl (C=O) groups excluding carboxylic acids is 3. The van der Waals surface area contributed by atoms with E-state index in [9.17, 15) is 14.4 Å². The van der Waals surface area contributed by atoms with E-state index in [0.717, 1.165) is 4.90 Å². The van der Waals surface area contributed by atoms with E-state index in [2.05, 4.69) is 9.89 Å². The molecule has 0 radical (unpaired) electrons. The first kappa shape index (κ1) is 12.6. The highest BCUT2D eigenvalue weighted by atomic mass is 16.6. The molecular weight excluding hydrogens is 266 g/mol. The molecular formula is C12H13N3O5. The Morgan fingerprint density at radius 3 is 2.50 bits per heavy atom. The van der Waals surface area contributed by atoms with Crippen molar-refractivity contribution in [1.82, 2.24) is 15.0 Å². The number of carbonyl (C=O) groups is 3. The summed E-state index contributed by atoms with van der Waals surface area (Å²) in [6.07, 6.45) is -0.635. The summed E-state index contributed by atoms with van der Waals surface area (Å²) >= 11 is 0. The van der Waals surface area contributed by atoms with Gasteiger partial charge in [-0.15, -0.1) is 0 Å². The van der Waals surface area contributed by atoms with Crippen molar-refractivity contribution in [3.63, 3.8) is 0 Å². The molecule has 1 aromatic rings. The van der Waals surface area contributed by atoms with Crippen molar-refractivity contribution in [2.45, 2.75) is 19.9 Å². The Hall–Kier alpha value is -2.38. The number of likely N-dealkylation sites (tertiary alicyclic amines) is 1. The molecule has 8 nitrogen and oxygen atoms in total. The van der Waals surface area contributed by atoms with Gasteiger partial charge in [0, 0.05) is 13.1 Å². The summed E-state index contributed by atoms with van der Waals surface area (Å²) in [6, 6.07) is -0.304. The molecule has 106 valence electrons. The average Bonchev–Trinajstić information content (AvgIpc) is 2.83. The number of hydrogen-bond acceptors (Lipinski definition) is 6. The lowest BCUT2D eigenvalue weighted by atomic mass is 10.0. The number of imide groups is 1. The molecule has 0 aromatic carbocycles. The Bertz CT molecular complexity index is 567. The van der Waals surface area contributed by atoms with Crippen LogP contribution in [0.3, 0.4) is 0 Å². The topological polar surface area (TPSA) is 93.0 Å². The third-order valence-electron chi connectivity index (χ3n) is 3.55. The first-order valence-corrected chi connectivity index (χ1v) is 6.20. The summed E-state index contributed by atoms with van der Waals surface area (Å²) in [7, 11) is 0. The van der Waals surface area contributed by atoms with E-state index in [1.165, 1.54) is 0 Å². The van der Waals surface area contributed by atoms with Gasteiger partial charge >= 0.3 is 6.09 Å². The molecule has 2 fully saturated rings. The molecule has 0 N–H and O–H groups in total. The van der Waals surface area contributed by atoms with Crippen LogP contribution in [-0.4, -0.2) is 58.6 Å². The lowest BCUT2D eigenvalue weighted by molar-refractivity contribution is -0.129. The Balaban J connectivity index is 1.68. The Morgan fingerprint density at radius 2 is 2.00 bits per heavy atom. The van der Waals surface area contributed by atoms with Crippen LogP contribution in [0, 0.1) is 13.8 Å². The number of amides is 3. The molecule has 0 atom stereocenters. The van der Waals surface area contributed by atoms with Gasteiger partial charge in [0.2, 0.25) is 0 Å². The molecule has 2 aliphatic heterocycles. The van der Waals surface area contributed by atoms with Gasteiger partial charge in [-0.3, -0.25) is 9.59 Å². The number of cyclic esters (lactones) is 1. The predicted molar refractivity (Wildman–Crippen MR) is 63.9 cm³/mol. The molecule has 3 amide bonds. The lowest BCUT2D eigenvalue weighted by Crippen LogP contribution is -2.62. The van der Waals surface area contributed by atoms with Crippen molar-refractivity contribution in [3.05, 3.63) is 17.0 Å². The minimum Gasteiger partial charge on any atom is -0.439 e. The first-order chi connectivity index (χ1) is 9.49. The summed E-state index contributed by atoms with van der Waals surface area (Å²) in [4.78, 5) is 37.8. The minimum atomic E-state index is -0.635. The second kappa shape index (κ2) is 4.32. The van der Waals surface area contributed by atoms with Crippen molar-refractivity contribution in [2.75, 3.05) is 19.7 Å². The number of aromatic nitrogens is 1. The molecule has 2 saturated heterocycles. The van der Waals surface area contributed by atoms with Crippen molar-refractivity contribution in [3.8, 4) is 0 Å². The van der Waals surface area contributed by atoms with Gasteiger partial charge < -0.3 is 14.2 Å². The number of ether oxygens (including phenoxy) is 1. The summed E-state index contributed by atoms with van der Waals surface area (Å²) in [5, 5.41) is 3.74. The molecule has 0 aliphatic carbocycles. The zero-order chi connectivity index (χ0) is 14.4. The van der Waals surface area contributed by atoms with E-state index in [0.29, 0.717) is 30.1 Å². The van der Waals surface area contributed by atoms with Gasteiger partial charge in [0.15, 0.2) is 6.61 Å². The zero-order valence-electron chi connectivity index (χ0n) is 11.1. The van der Waals surface area contributed by atoms with Crippen LogP contribution in [0.4, 0.5) is 4.79 Å². The number of aryl methyl sites for hydroxylation is 2. The maximum atomic E-state index is 12.3.